The molecule has 0 spiro atoms. The molecule has 1 aliphatic rings. The van der Waals surface area contributed by atoms with Crippen molar-refractivity contribution in [3.8, 4) is 0 Å². The Balaban J connectivity index is 1.97. The Hall–Kier alpha value is -0.670. The summed E-state index contributed by atoms with van der Waals surface area (Å²) in [6.07, 6.45) is 2.92. The highest BCUT2D eigenvalue weighted by molar-refractivity contribution is 9.10. The third kappa shape index (κ3) is 3.65. The number of ketones is 1. The summed E-state index contributed by atoms with van der Waals surface area (Å²) in [4.78, 5) is 11.8. The molecule has 0 radical (unpaired) electrons. The molecule has 17 heavy (non-hydrogen) atoms. The fourth-order valence-electron chi connectivity index (χ4n) is 1.94. The van der Waals surface area contributed by atoms with Crippen molar-refractivity contribution in [1.29, 1.82) is 0 Å². The van der Waals surface area contributed by atoms with Crippen molar-refractivity contribution in [2.45, 2.75) is 30.7 Å². The fourth-order valence-corrected chi connectivity index (χ4v) is 2.69. The first-order valence-electron chi connectivity index (χ1n) is 5.95. The minimum Gasteiger partial charge on any atom is -0.380 e. The van der Waals surface area contributed by atoms with Crippen LogP contribution in [-0.2, 0) is 22.6 Å². The largest absolute Gasteiger partial charge is 0.380 e. The van der Waals surface area contributed by atoms with Crippen molar-refractivity contribution in [1.82, 2.24) is 0 Å². The molecule has 1 atom stereocenters. The molecule has 1 unspecified atom stereocenters. The predicted octanol–water partition coefficient (Wildman–Crippen LogP) is 3.12. The Morgan fingerprint density at radius 1 is 1.47 bits per heavy atom. The summed E-state index contributed by atoms with van der Waals surface area (Å²) >= 11 is 3.50. The summed E-state index contributed by atoms with van der Waals surface area (Å²) in [5.74, 6) is 0.684. The lowest BCUT2D eigenvalue weighted by Gasteiger charge is -2.09. The second-order valence-corrected chi connectivity index (χ2v) is 5.71. The Labute approximate surface area is 110 Å². The number of ether oxygens (including phenoxy) is 1. The number of benzene rings is 1. The molecule has 0 bridgehead atoms. The first-order valence-corrected chi connectivity index (χ1v) is 6.87. The number of carbonyl (C=O) groups excluding carboxylic acids is 1. The molecular weight excluding hydrogens is 280 g/mol. The van der Waals surface area contributed by atoms with Crippen LogP contribution in [0.25, 0.3) is 0 Å². The number of hydrogen-bond donors (Lipinski definition) is 0. The number of alkyl halides is 1. The van der Waals surface area contributed by atoms with Gasteiger partial charge in [-0.1, -0.05) is 40.2 Å². The van der Waals surface area contributed by atoms with Crippen molar-refractivity contribution in [2.75, 3.05) is 7.11 Å². The molecule has 2 nitrogen and oxygen atoms in total. The molecule has 1 aromatic rings. The maximum Gasteiger partial charge on any atom is 0.149 e. The van der Waals surface area contributed by atoms with Gasteiger partial charge in [-0.05, 0) is 30.4 Å². The van der Waals surface area contributed by atoms with Crippen molar-refractivity contribution in [2.24, 2.45) is 5.92 Å². The summed E-state index contributed by atoms with van der Waals surface area (Å²) < 4.78 is 5.10. The van der Waals surface area contributed by atoms with Crippen molar-refractivity contribution in [3.63, 3.8) is 0 Å². The number of hydrogen-bond acceptors (Lipinski definition) is 2. The van der Waals surface area contributed by atoms with Gasteiger partial charge in [-0.25, -0.2) is 0 Å². The van der Waals surface area contributed by atoms with Gasteiger partial charge >= 0.3 is 0 Å². The van der Waals surface area contributed by atoms with E-state index in [1.807, 2.05) is 12.1 Å². The second kappa shape index (κ2) is 5.78. The first kappa shape index (κ1) is 12.8. The average Bonchev–Trinajstić information content (AvgIpc) is 3.13. The summed E-state index contributed by atoms with van der Waals surface area (Å²) in [5, 5.41) is 0. The molecule has 0 aromatic heterocycles. The van der Waals surface area contributed by atoms with Crippen LogP contribution in [0.15, 0.2) is 24.3 Å². The fraction of sp³-hybridized carbons (Fsp3) is 0.500. The van der Waals surface area contributed by atoms with Crippen molar-refractivity contribution >= 4 is 21.7 Å². The molecule has 0 saturated heterocycles. The van der Waals surface area contributed by atoms with E-state index in [0.29, 0.717) is 18.3 Å². The van der Waals surface area contributed by atoms with E-state index < -0.39 is 0 Å². The van der Waals surface area contributed by atoms with Crippen LogP contribution >= 0.6 is 15.9 Å². The molecule has 1 aliphatic carbocycles. The molecule has 1 saturated carbocycles. The van der Waals surface area contributed by atoms with Gasteiger partial charge in [0, 0.05) is 13.0 Å². The van der Waals surface area contributed by atoms with Gasteiger partial charge in [0.15, 0.2) is 0 Å². The van der Waals surface area contributed by atoms with Gasteiger partial charge in [-0.15, -0.1) is 0 Å². The van der Waals surface area contributed by atoms with E-state index in [1.54, 1.807) is 7.11 Å². The lowest BCUT2D eigenvalue weighted by molar-refractivity contribution is -0.119. The molecule has 0 aliphatic heterocycles. The Morgan fingerprint density at radius 3 is 2.82 bits per heavy atom. The van der Waals surface area contributed by atoms with E-state index in [1.165, 1.54) is 5.56 Å². The zero-order valence-corrected chi connectivity index (χ0v) is 11.6. The van der Waals surface area contributed by atoms with Crippen molar-refractivity contribution in [3.05, 3.63) is 35.4 Å². The van der Waals surface area contributed by atoms with E-state index in [9.17, 15) is 4.79 Å². The molecule has 3 heteroatoms. The SMILES string of the molecule is COCc1cccc(CC(Br)C(=O)C2CC2)c1. The highest BCUT2D eigenvalue weighted by atomic mass is 79.9. The zero-order valence-electron chi connectivity index (χ0n) is 9.99. The Morgan fingerprint density at radius 2 is 2.18 bits per heavy atom. The monoisotopic (exact) mass is 296 g/mol. The topological polar surface area (TPSA) is 26.3 Å². The highest BCUT2D eigenvalue weighted by Gasteiger charge is 2.33. The van der Waals surface area contributed by atoms with Crippen LogP contribution in [-0.4, -0.2) is 17.7 Å². The van der Waals surface area contributed by atoms with Crippen LogP contribution < -0.4 is 0 Å². The number of halogens is 1. The van der Waals surface area contributed by atoms with Crippen LogP contribution in [0, 0.1) is 5.92 Å². The minimum absolute atomic E-state index is 0.0344. The molecule has 2 rings (SSSR count). The van der Waals surface area contributed by atoms with Gasteiger partial charge < -0.3 is 4.74 Å². The summed E-state index contributed by atoms with van der Waals surface area (Å²) in [6.45, 7) is 0.622. The van der Waals surface area contributed by atoms with E-state index in [4.69, 9.17) is 4.74 Å². The lowest BCUT2D eigenvalue weighted by Crippen LogP contribution is -2.18. The smallest absolute Gasteiger partial charge is 0.149 e. The maximum absolute atomic E-state index is 11.8. The van der Waals surface area contributed by atoms with Gasteiger partial charge in [0.05, 0.1) is 11.4 Å². The van der Waals surface area contributed by atoms with Gasteiger partial charge in [-0.2, -0.15) is 0 Å². The normalized spacial score (nSPS) is 16.8. The molecule has 92 valence electrons. The summed E-state index contributed by atoms with van der Waals surface area (Å²) in [6, 6.07) is 8.23. The van der Waals surface area contributed by atoms with Gasteiger partial charge in [0.1, 0.15) is 5.78 Å². The van der Waals surface area contributed by atoms with Gasteiger partial charge in [0.2, 0.25) is 0 Å². The first-order chi connectivity index (χ1) is 8.20. The Bertz CT molecular complexity index is 399. The quantitative estimate of drug-likeness (QED) is 0.754. The van der Waals surface area contributed by atoms with Crippen LogP contribution in [0.5, 0.6) is 0 Å². The van der Waals surface area contributed by atoms with Crippen LogP contribution in [0.2, 0.25) is 0 Å². The molecule has 1 fully saturated rings. The number of rotatable bonds is 6. The number of Topliss-reactive ketones (excluding diaryl/α,β-unsaturated/α-hetero) is 1. The van der Waals surface area contributed by atoms with Gasteiger partial charge in [0.25, 0.3) is 0 Å². The summed E-state index contributed by atoms with van der Waals surface area (Å²) in [5.41, 5.74) is 2.35. The highest BCUT2D eigenvalue weighted by Crippen LogP contribution is 2.33. The zero-order chi connectivity index (χ0) is 12.3. The maximum atomic E-state index is 11.8. The van der Waals surface area contributed by atoms with Crippen molar-refractivity contribution < 1.29 is 9.53 Å². The van der Waals surface area contributed by atoms with Crippen LogP contribution in [0.3, 0.4) is 0 Å². The average molecular weight is 297 g/mol. The summed E-state index contributed by atoms with van der Waals surface area (Å²) in [7, 11) is 1.69. The standard InChI is InChI=1S/C14H17BrO2/c1-17-9-11-4-2-3-10(7-11)8-13(15)14(16)12-5-6-12/h2-4,7,12-13H,5-6,8-9H2,1H3. The Kier molecular flexibility index (Phi) is 4.35. The van der Waals surface area contributed by atoms with Gasteiger partial charge in [-0.3, -0.25) is 4.79 Å². The molecule has 1 aromatic carbocycles. The van der Waals surface area contributed by atoms with Crippen LogP contribution in [0.1, 0.15) is 24.0 Å². The van der Waals surface area contributed by atoms with E-state index in [2.05, 4.69) is 28.1 Å². The van der Waals surface area contributed by atoms with E-state index >= 15 is 0 Å². The third-order valence-electron chi connectivity index (χ3n) is 3.01. The molecule has 0 N–H and O–H groups in total. The predicted molar refractivity (Wildman–Crippen MR) is 71.3 cm³/mol. The second-order valence-electron chi connectivity index (χ2n) is 4.60. The molecule has 0 heterocycles. The molecule has 0 amide bonds. The number of methoxy groups -OCH3 is 1. The van der Waals surface area contributed by atoms with Crippen LogP contribution in [0.4, 0.5) is 0 Å². The third-order valence-corrected chi connectivity index (χ3v) is 3.78. The van der Waals surface area contributed by atoms with E-state index in [0.717, 1.165) is 24.8 Å². The molecular formula is C14H17BrO2. The van der Waals surface area contributed by atoms with E-state index in [-0.39, 0.29) is 4.83 Å². The number of carbonyl (C=O) groups is 1. The minimum atomic E-state index is -0.0344. The lowest BCUT2D eigenvalue weighted by atomic mass is 10.0.